The van der Waals surface area contributed by atoms with Gasteiger partial charge >= 0.3 is 6.36 Å². The van der Waals surface area contributed by atoms with E-state index in [2.05, 4.69) is 15.4 Å². The summed E-state index contributed by atoms with van der Waals surface area (Å²) in [6.07, 6.45) is -3.49. The molecule has 0 radical (unpaired) electrons. The maximum atomic E-state index is 12.8. The Bertz CT molecular complexity index is 1020. The fourth-order valence-electron chi connectivity index (χ4n) is 3.57. The number of nitrogens with zero attached hydrogens (tertiary/aromatic N) is 1. The number of piperidine rings is 1. The van der Waals surface area contributed by atoms with E-state index in [4.69, 9.17) is 0 Å². The summed E-state index contributed by atoms with van der Waals surface area (Å²) in [6, 6.07) is 14.0. The predicted molar refractivity (Wildman–Crippen MR) is 117 cm³/mol. The van der Waals surface area contributed by atoms with Gasteiger partial charge in [0.1, 0.15) is 5.75 Å². The van der Waals surface area contributed by atoms with Crippen molar-refractivity contribution in [1.29, 1.82) is 0 Å². The molecule has 1 heterocycles. The highest BCUT2D eigenvalue weighted by atomic mass is 32.2. The SMILES string of the molecule is O=C(NCCCNc1ccccc1)C1CCN(S(=O)(=O)c2cccc(OC(F)(F)F)c2)CC1. The Labute approximate surface area is 191 Å². The summed E-state index contributed by atoms with van der Waals surface area (Å²) in [5, 5.41) is 6.14. The molecular weight excluding hydrogens is 459 g/mol. The molecule has 2 aromatic rings. The van der Waals surface area contributed by atoms with Gasteiger partial charge < -0.3 is 15.4 Å². The number of nitrogens with one attached hydrogen (secondary N) is 2. The number of hydrogen-bond donors (Lipinski definition) is 2. The van der Waals surface area contributed by atoms with Crippen LogP contribution in [0.2, 0.25) is 0 Å². The van der Waals surface area contributed by atoms with E-state index >= 15 is 0 Å². The van der Waals surface area contributed by atoms with Crippen LogP contribution in [0.1, 0.15) is 19.3 Å². The molecule has 1 saturated heterocycles. The van der Waals surface area contributed by atoms with E-state index in [0.717, 1.165) is 24.2 Å². The Morgan fingerprint density at radius 2 is 1.73 bits per heavy atom. The van der Waals surface area contributed by atoms with Gasteiger partial charge in [-0.05, 0) is 43.5 Å². The number of carbonyl (C=O) groups is 1. The van der Waals surface area contributed by atoms with Gasteiger partial charge in [0.05, 0.1) is 4.90 Å². The molecule has 0 aromatic heterocycles. The molecule has 1 amide bonds. The molecule has 2 aromatic carbocycles. The minimum Gasteiger partial charge on any atom is -0.406 e. The molecule has 180 valence electrons. The van der Waals surface area contributed by atoms with E-state index in [1.54, 1.807) is 0 Å². The van der Waals surface area contributed by atoms with Crippen molar-refractivity contribution in [3.05, 3.63) is 54.6 Å². The van der Waals surface area contributed by atoms with Crippen LogP contribution in [0.4, 0.5) is 18.9 Å². The molecule has 1 aliphatic heterocycles. The minimum atomic E-state index is -4.91. The zero-order chi connectivity index (χ0) is 23.9. The largest absolute Gasteiger partial charge is 0.573 e. The van der Waals surface area contributed by atoms with Gasteiger partial charge in [-0.2, -0.15) is 4.31 Å². The first-order valence-electron chi connectivity index (χ1n) is 10.6. The van der Waals surface area contributed by atoms with Crippen LogP contribution >= 0.6 is 0 Å². The number of hydrogen-bond acceptors (Lipinski definition) is 5. The molecule has 0 unspecified atom stereocenters. The van der Waals surface area contributed by atoms with Crippen LogP contribution in [-0.4, -0.2) is 51.2 Å². The Balaban J connectivity index is 1.44. The van der Waals surface area contributed by atoms with Gasteiger partial charge in [-0.15, -0.1) is 13.2 Å². The average Bonchev–Trinajstić information content (AvgIpc) is 2.78. The number of alkyl halides is 3. The van der Waals surface area contributed by atoms with E-state index in [1.807, 2.05) is 30.3 Å². The summed E-state index contributed by atoms with van der Waals surface area (Å²) in [7, 11) is -3.99. The first-order chi connectivity index (χ1) is 15.6. The first-order valence-corrected chi connectivity index (χ1v) is 12.0. The molecule has 0 saturated carbocycles. The zero-order valence-corrected chi connectivity index (χ0v) is 18.7. The lowest BCUT2D eigenvalue weighted by Crippen LogP contribution is -2.43. The topological polar surface area (TPSA) is 87.7 Å². The number of anilines is 1. The number of amides is 1. The van der Waals surface area contributed by atoms with E-state index < -0.39 is 22.1 Å². The highest BCUT2D eigenvalue weighted by molar-refractivity contribution is 7.89. The Morgan fingerprint density at radius 3 is 2.39 bits per heavy atom. The van der Waals surface area contributed by atoms with Crippen LogP contribution in [0.25, 0.3) is 0 Å². The Hall–Kier alpha value is -2.79. The van der Waals surface area contributed by atoms with Crippen molar-refractivity contribution in [2.75, 3.05) is 31.5 Å². The second-order valence-electron chi connectivity index (χ2n) is 7.64. The van der Waals surface area contributed by atoms with E-state index in [9.17, 15) is 26.4 Å². The van der Waals surface area contributed by atoms with Gasteiger partial charge in [-0.1, -0.05) is 24.3 Å². The Kier molecular flexibility index (Phi) is 8.20. The first kappa shape index (κ1) is 24.8. The van der Waals surface area contributed by atoms with Gasteiger partial charge in [-0.3, -0.25) is 4.79 Å². The fourth-order valence-corrected chi connectivity index (χ4v) is 5.08. The van der Waals surface area contributed by atoms with Crippen LogP contribution in [0.5, 0.6) is 5.75 Å². The van der Waals surface area contributed by atoms with Gasteiger partial charge in [0.15, 0.2) is 0 Å². The van der Waals surface area contributed by atoms with Crippen LogP contribution in [0, 0.1) is 5.92 Å². The normalized spacial score (nSPS) is 15.7. The van der Waals surface area contributed by atoms with Crippen LogP contribution in [0.3, 0.4) is 0 Å². The highest BCUT2D eigenvalue weighted by Gasteiger charge is 2.34. The number of halogens is 3. The Morgan fingerprint density at radius 1 is 1.03 bits per heavy atom. The quantitative estimate of drug-likeness (QED) is 0.530. The number of rotatable bonds is 9. The lowest BCUT2D eigenvalue weighted by molar-refractivity contribution is -0.274. The van der Waals surface area contributed by atoms with Crippen molar-refractivity contribution in [3.63, 3.8) is 0 Å². The fraction of sp³-hybridized carbons (Fsp3) is 0.409. The standard InChI is InChI=1S/C22H26F3N3O4S/c23-22(24,25)32-19-8-4-9-20(16-19)33(30,31)28-14-10-17(11-15-28)21(29)27-13-5-12-26-18-6-2-1-3-7-18/h1-4,6-9,16-17,26H,5,10-15H2,(H,27,29). The summed E-state index contributed by atoms with van der Waals surface area (Å²) < 4.78 is 67.9. The van der Waals surface area contributed by atoms with Crippen LogP contribution in [0.15, 0.2) is 59.5 Å². The summed E-state index contributed by atoms with van der Waals surface area (Å²) >= 11 is 0. The van der Waals surface area contributed by atoms with E-state index in [1.165, 1.54) is 16.4 Å². The van der Waals surface area contributed by atoms with Crippen molar-refractivity contribution < 1.29 is 31.1 Å². The van der Waals surface area contributed by atoms with Crippen molar-refractivity contribution in [1.82, 2.24) is 9.62 Å². The minimum absolute atomic E-state index is 0.111. The highest BCUT2D eigenvalue weighted by Crippen LogP contribution is 2.28. The average molecular weight is 486 g/mol. The van der Waals surface area contributed by atoms with Gasteiger partial charge in [0.2, 0.25) is 15.9 Å². The predicted octanol–water partition coefficient (Wildman–Crippen LogP) is 3.60. The summed E-state index contributed by atoms with van der Waals surface area (Å²) in [6.45, 7) is 1.43. The van der Waals surface area contributed by atoms with Crippen molar-refractivity contribution in [2.45, 2.75) is 30.5 Å². The zero-order valence-electron chi connectivity index (χ0n) is 17.8. The molecule has 11 heteroatoms. The molecular formula is C22H26F3N3O4S. The second-order valence-corrected chi connectivity index (χ2v) is 9.58. The molecule has 0 bridgehead atoms. The van der Waals surface area contributed by atoms with Crippen molar-refractivity contribution in [2.24, 2.45) is 5.92 Å². The molecule has 33 heavy (non-hydrogen) atoms. The molecule has 2 N–H and O–H groups in total. The maximum absolute atomic E-state index is 12.8. The third-order valence-corrected chi connectivity index (χ3v) is 7.15. The van der Waals surface area contributed by atoms with Crippen LogP contribution in [-0.2, 0) is 14.8 Å². The molecule has 3 rings (SSSR count). The smallest absolute Gasteiger partial charge is 0.406 e. The van der Waals surface area contributed by atoms with Crippen molar-refractivity contribution >= 4 is 21.6 Å². The molecule has 0 aliphatic carbocycles. The third kappa shape index (κ3) is 7.36. The monoisotopic (exact) mass is 485 g/mol. The molecule has 0 atom stereocenters. The van der Waals surface area contributed by atoms with Gasteiger partial charge in [-0.25, -0.2) is 8.42 Å². The number of ether oxygens (including phenoxy) is 1. The maximum Gasteiger partial charge on any atom is 0.573 e. The number of sulfonamides is 1. The van der Waals surface area contributed by atoms with E-state index in [-0.39, 0.29) is 29.8 Å². The number of carbonyl (C=O) groups excluding carboxylic acids is 1. The van der Waals surface area contributed by atoms with Gasteiger partial charge in [0, 0.05) is 43.9 Å². The molecule has 1 aliphatic rings. The summed E-state index contributed by atoms with van der Waals surface area (Å²) in [5.74, 6) is -1.02. The second kappa shape index (κ2) is 10.9. The summed E-state index contributed by atoms with van der Waals surface area (Å²) in [4.78, 5) is 12.1. The van der Waals surface area contributed by atoms with E-state index in [0.29, 0.717) is 25.9 Å². The number of para-hydroxylation sites is 1. The molecule has 7 nitrogen and oxygen atoms in total. The molecule has 0 spiro atoms. The lowest BCUT2D eigenvalue weighted by Gasteiger charge is -2.30. The molecule has 1 fully saturated rings. The third-order valence-electron chi connectivity index (χ3n) is 5.26. The van der Waals surface area contributed by atoms with Crippen molar-refractivity contribution in [3.8, 4) is 5.75 Å². The van der Waals surface area contributed by atoms with Gasteiger partial charge in [0.25, 0.3) is 0 Å². The lowest BCUT2D eigenvalue weighted by atomic mass is 9.97. The summed E-state index contributed by atoms with van der Waals surface area (Å²) in [5.41, 5.74) is 1.01. The van der Waals surface area contributed by atoms with Crippen LogP contribution < -0.4 is 15.4 Å². The number of benzene rings is 2.